The number of sulfonamides is 1. The van der Waals surface area contributed by atoms with E-state index in [-0.39, 0.29) is 17.0 Å². The van der Waals surface area contributed by atoms with Crippen LogP contribution in [0, 0.1) is 0 Å². The highest BCUT2D eigenvalue weighted by molar-refractivity contribution is 7.89. The van der Waals surface area contributed by atoms with Crippen molar-refractivity contribution in [3.8, 4) is 0 Å². The van der Waals surface area contributed by atoms with Crippen molar-refractivity contribution in [3.63, 3.8) is 0 Å². The summed E-state index contributed by atoms with van der Waals surface area (Å²) < 4.78 is 30.0. The molecule has 2 aliphatic heterocycles. The van der Waals surface area contributed by atoms with Gasteiger partial charge in [-0.15, -0.1) is 0 Å². The second-order valence-corrected chi connectivity index (χ2v) is 8.05. The van der Waals surface area contributed by atoms with E-state index in [0.29, 0.717) is 0 Å². The molecule has 2 atom stereocenters. The molecule has 1 aromatic heterocycles. The quantitative estimate of drug-likeness (QED) is 0.760. The third-order valence-corrected chi connectivity index (χ3v) is 6.32. The number of hydrogen-bond acceptors (Lipinski definition) is 5. The maximum atomic E-state index is 12.7. The summed E-state index contributed by atoms with van der Waals surface area (Å²) in [7, 11) is -1.25. The van der Waals surface area contributed by atoms with Gasteiger partial charge in [0, 0.05) is 32.4 Å². The van der Waals surface area contributed by atoms with Gasteiger partial charge in [0.25, 0.3) is 5.56 Å². The Balaban J connectivity index is 1.94. The maximum absolute atomic E-state index is 12.7. The molecular weight excluding hydrogens is 320 g/mol. The van der Waals surface area contributed by atoms with Gasteiger partial charge in [0.15, 0.2) is 4.90 Å². The Kier molecular flexibility index (Phi) is 4.19. The van der Waals surface area contributed by atoms with E-state index < -0.39 is 21.3 Å². The van der Waals surface area contributed by atoms with Crippen molar-refractivity contribution in [2.45, 2.75) is 42.7 Å². The number of hydrogen-bond donors (Lipinski definition) is 1. The molecule has 0 radical (unpaired) electrons. The maximum Gasteiger partial charge on any atom is 0.330 e. The minimum atomic E-state index is -3.96. The van der Waals surface area contributed by atoms with Gasteiger partial charge >= 0.3 is 5.69 Å². The molecular formula is C14H22N4O4S. The number of aryl methyl sites for hydroxylation is 1. The van der Waals surface area contributed by atoms with Crippen LogP contribution in [0.4, 0.5) is 0 Å². The Morgan fingerprint density at radius 3 is 2.48 bits per heavy atom. The van der Waals surface area contributed by atoms with E-state index >= 15 is 0 Å². The SMILES string of the molecule is Cn1cc(S(=O)(=O)N[C@H]2CCCN3CCC[C@@H]23)c(=O)n(C)c1=O. The Morgan fingerprint density at radius 1 is 1.13 bits per heavy atom. The average molecular weight is 342 g/mol. The van der Waals surface area contributed by atoms with Crippen molar-refractivity contribution in [1.29, 1.82) is 0 Å². The molecule has 23 heavy (non-hydrogen) atoms. The van der Waals surface area contributed by atoms with Crippen molar-refractivity contribution < 1.29 is 8.42 Å². The molecule has 2 aliphatic rings. The first-order chi connectivity index (χ1) is 10.8. The van der Waals surface area contributed by atoms with E-state index in [4.69, 9.17) is 0 Å². The first-order valence-corrected chi connectivity index (χ1v) is 9.32. The second-order valence-electron chi connectivity index (χ2n) is 6.37. The van der Waals surface area contributed by atoms with E-state index in [1.54, 1.807) is 0 Å². The molecule has 3 rings (SSSR count). The fourth-order valence-corrected chi connectivity index (χ4v) is 5.12. The van der Waals surface area contributed by atoms with E-state index in [9.17, 15) is 18.0 Å². The number of rotatable bonds is 3. The summed E-state index contributed by atoms with van der Waals surface area (Å²) >= 11 is 0. The molecule has 3 heterocycles. The fraction of sp³-hybridized carbons (Fsp3) is 0.714. The summed E-state index contributed by atoms with van der Waals surface area (Å²) in [5, 5.41) is 0. The van der Waals surface area contributed by atoms with Gasteiger partial charge in [-0.05, 0) is 38.8 Å². The monoisotopic (exact) mass is 342 g/mol. The van der Waals surface area contributed by atoms with E-state index in [1.165, 1.54) is 14.1 Å². The minimum Gasteiger partial charge on any atom is -0.302 e. The zero-order chi connectivity index (χ0) is 16.8. The van der Waals surface area contributed by atoms with Crippen molar-refractivity contribution in [2.75, 3.05) is 13.1 Å². The van der Waals surface area contributed by atoms with E-state index in [1.807, 2.05) is 0 Å². The molecule has 0 bridgehead atoms. The minimum absolute atomic E-state index is 0.182. The van der Waals surface area contributed by atoms with Crippen LogP contribution in [0.2, 0.25) is 0 Å². The van der Waals surface area contributed by atoms with Crippen molar-refractivity contribution >= 4 is 10.0 Å². The van der Waals surface area contributed by atoms with Gasteiger partial charge < -0.3 is 4.57 Å². The molecule has 0 unspecified atom stereocenters. The summed E-state index contributed by atoms with van der Waals surface area (Å²) in [6.07, 6.45) is 4.85. The average Bonchev–Trinajstić information content (AvgIpc) is 2.98. The Hall–Kier alpha value is -1.45. The number of piperidine rings is 1. The summed E-state index contributed by atoms with van der Waals surface area (Å²) in [4.78, 5) is 25.8. The van der Waals surface area contributed by atoms with Gasteiger partial charge in [-0.25, -0.2) is 17.9 Å². The van der Waals surface area contributed by atoms with Crippen LogP contribution in [-0.4, -0.2) is 47.6 Å². The number of nitrogens with one attached hydrogen (secondary N) is 1. The lowest BCUT2D eigenvalue weighted by molar-refractivity contribution is 0.166. The van der Waals surface area contributed by atoms with Gasteiger partial charge in [0.2, 0.25) is 10.0 Å². The normalized spacial score (nSPS) is 25.5. The molecule has 2 saturated heterocycles. The second kappa shape index (κ2) is 5.88. The number of fused-ring (bicyclic) bond motifs is 1. The topological polar surface area (TPSA) is 93.4 Å². The molecule has 9 heteroatoms. The van der Waals surface area contributed by atoms with Crippen LogP contribution in [-0.2, 0) is 24.1 Å². The molecule has 128 valence electrons. The van der Waals surface area contributed by atoms with Gasteiger partial charge in [0.05, 0.1) is 0 Å². The van der Waals surface area contributed by atoms with Crippen LogP contribution >= 0.6 is 0 Å². The van der Waals surface area contributed by atoms with Crippen molar-refractivity contribution in [2.24, 2.45) is 14.1 Å². The summed E-state index contributed by atoms with van der Waals surface area (Å²) in [6.45, 7) is 2.01. The smallest absolute Gasteiger partial charge is 0.302 e. The van der Waals surface area contributed by atoms with Crippen molar-refractivity contribution in [1.82, 2.24) is 18.8 Å². The van der Waals surface area contributed by atoms with Crippen LogP contribution in [0.5, 0.6) is 0 Å². The molecule has 0 saturated carbocycles. The summed E-state index contributed by atoms with van der Waals surface area (Å²) in [5.41, 5.74) is -1.34. The Morgan fingerprint density at radius 2 is 1.78 bits per heavy atom. The third kappa shape index (κ3) is 2.88. The molecule has 0 amide bonds. The lowest BCUT2D eigenvalue weighted by Gasteiger charge is -2.36. The van der Waals surface area contributed by atoms with Crippen LogP contribution in [0.1, 0.15) is 25.7 Å². The standard InChI is InChI=1S/C14H22N4O4S/c1-16-9-12(13(19)17(2)14(16)20)23(21,22)15-10-5-3-7-18-8-4-6-11(10)18/h9-11,15H,3-8H2,1-2H3/t10-,11-/m0/s1. The number of nitrogens with zero attached hydrogens (tertiary/aromatic N) is 3. The third-order valence-electron chi connectivity index (χ3n) is 4.85. The lowest BCUT2D eigenvalue weighted by atomic mass is 9.97. The molecule has 0 aromatic carbocycles. The molecule has 0 aliphatic carbocycles. The van der Waals surface area contributed by atoms with E-state index in [0.717, 1.165) is 54.1 Å². The van der Waals surface area contributed by atoms with Gasteiger partial charge in [0.1, 0.15) is 0 Å². The molecule has 2 fully saturated rings. The highest BCUT2D eigenvalue weighted by atomic mass is 32.2. The Bertz CT molecular complexity index is 826. The van der Waals surface area contributed by atoms with Crippen LogP contribution in [0.3, 0.4) is 0 Å². The lowest BCUT2D eigenvalue weighted by Crippen LogP contribution is -2.53. The van der Waals surface area contributed by atoms with Gasteiger partial charge in [-0.2, -0.15) is 0 Å². The highest BCUT2D eigenvalue weighted by Crippen LogP contribution is 2.27. The van der Waals surface area contributed by atoms with Crippen LogP contribution < -0.4 is 16.0 Å². The zero-order valence-electron chi connectivity index (χ0n) is 13.4. The van der Waals surface area contributed by atoms with Crippen LogP contribution in [0.25, 0.3) is 0 Å². The van der Waals surface area contributed by atoms with Gasteiger partial charge in [-0.1, -0.05) is 0 Å². The van der Waals surface area contributed by atoms with Crippen molar-refractivity contribution in [3.05, 3.63) is 27.0 Å². The Labute approximate surface area is 134 Å². The fourth-order valence-electron chi connectivity index (χ4n) is 3.65. The molecule has 1 N–H and O–H groups in total. The van der Waals surface area contributed by atoms with Crippen LogP contribution in [0.15, 0.2) is 20.7 Å². The largest absolute Gasteiger partial charge is 0.330 e. The first kappa shape index (κ1) is 16.4. The number of aromatic nitrogens is 2. The first-order valence-electron chi connectivity index (χ1n) is 7.84. The molecule has 0 spiro atoms. The summed E-state index contributed by atoms with van der Waals surface area (Å²) in [5.74, 6) is 0. The highest BCUT2D eigenvalue weighted by Gasteiger charge is 2.37. The predicted octanol–water partition coefficient (Wildman–Crippen LogP) is -1.01. The zero-order valence-corrected chi connectivity index (χ0v) is 14.2. The summed E-state index contributed by atoms with van der Waals surface area (Å²) in [6, 6.07) is 0.0214. The molecule has 8 nitrogen and oxygen atoms in total. The van der Waals surface area contributed by atoms with E-state index in [2.05, 4.69) is 9.62 Å². The van der Waals surface area contributed by atoms with Gasteiger partial charge in [-0.3, -0.25) is 14.3 Å². The predicted molar refractivity (Wildman–Crippen MR) is 84.9 cm³/mol. The molecule has 1 aromatic rings.